The fraction of sp³-hybridized carbons (Fsp3) is 0.462. The SMILES string of the molecule is Cc1cccc(NC(=O)CN(C)C(C)CO)c1. The molecule has 0 aliphatic heterocycles. The van der Waals surface area contributed by atoms with Gasteiger partial charge < -0.3 is 10.4 Å². The van der Waals surface area contributed by atoms with E-state index in [0.29, 0.717) is 0 Å². The van der Waals surface area contributed by atoms with Gasteiger partial charge in [0, 0.05) is 11.7 Å². The number of aliphatic hydroxyl groups excluding tert-OH is 1. The number of aliphatic hydroxyl groups is 1. The van der Waals surface area contributed by atoms with Crippen molar-refractivity contribution >= 4 is 11.6 Å². The van der Waals surface area contributed by atoms with Gasteiger partial charge in [0.05, 0.1) is 13.2 Å². The number of likely N-dealkylation sites (N-methyl/N-ethyl adjacent to an activating group) is 1. The molecule has 4 nitrogen and oxygen atoms in total. The first-order valence-corrected chi connectivity index (χ1v) is 5.70. The molecule has 1 amide bonds. The van der Waals surface area contributed by atoms with Crippen LogP contribution in [0, 0.1) is 6.92 Å². The van der Waals surface area contributed by atoms with Crippen molar-refractivity contribution in [3.8, 4) is 0 Å². The van der Waals surface area contributed by atoms with E-state index in [-0.39, 0.29) is 25.1 Å². The number of benzene rings is 1. The molecule has 1 rings (SSSR count). The number of hydrogen-bond acceptors (Lipinski definition) is 3. The zero-order valence-electron chi connectivity index (χ0n) is 10.6. The van der Waals surface area contributed by atoms with E-state index in [1.165, 1.54) is 0 Å². The Labute approximate surface area is 102 Å². The van der Waals surface area contributed by atoms with Crippen molar-refractivity contribution in [2.75, 3.05) is 25.5 Å². The molecule has 0 aliphatic rings. The van der Waals surface area contributed by atoms with E-state index >= 15 is 0 Å². The normalized spacial score (nSPS) is 12.5. The Kier molecular flexibility index (Phi) is 5.12. The summed E-state index contributed by atoms with van der Waals surface area (Å²) >= 11 is 0. The van der Waals surface area contributed by atoms with E-state index in [9.17, 15) is 4.79 Å². The van der Waals surface area contributed by atoms with Crippen LogP contribution in [0.15, 0.2) is 24.3 Å². The van der Waals surface area contributed by atoms with Crippen LogP contribution in [0.25, 0.3) is 0 Å². The van der Waals surface area contributed by atoms with Gasteiger partial charge in [-0.2, -0.15) is 0 Å². The summed E-state index contributed by atoms with van der Waals surface area (Å²) in [6.07, 6.45) is 0. The molecule has 0 heterocycles. The van der Waals surface area contributed by atoms with Crippen LogP contribution in [-0.2, 0) is 4.79 Å². The highest BCUT2D eigenvalue weighted by Crippen LogP contribution is 2.09. The summed E-state index contributed by atoms with van der Waals surface area (Å²) in [5.41, 5.74) is 1.92. The van der Waals surface area contributed by atoms with Gasteiger partial charge in [-0.1, -0.05) is 12.1 Å². The maximum atomic E-state index is 11.7. The van der Waals surface area contributed by atoms with Crippen LogP contribution in [0.2, 0.25) is 0 Å². The Morgan fingerprint density at radius 2 is 2.24 bits per heavy atom. The minimum atomic E-state index is -0.0709. The molecule has 0 spiro atoms. The number of hydrogen-bond donors (Lipinski definition) is 2. The van der Waals surface area contributed by atoms with Crippen molar-refractivity contribution in [2.24, 2.45) is 0 Å². The van der Waals surface area contributed by atoms with Crippen LogP contribution in [0.4, 0.5) is 5.69 Å². The molecule has 1 unspecified atom stereocenters. The van der Waals surface area contributed by atoms with Crippen LogP contribution in [-0.4, -0.2) is 42.2 Å². The quantitative estimate of drug-likeness (QED) is 0.809. The minimum Gasteiger partial charge on any atom is -0.395 e. The molecular formula is C13H20N2O2. The maximum absolute atomic E-state index is 11.7. The molecule has 17 heavy (non-hydrogen) atoms. The molecule has 0 radical (unpaired) electrons. The Morgan fingerprint density at radius 1 is 1.53 bits per heavy atom. The molecule has 2 N–H and O–H groups in total. The van der Waals surface area contributed by atoms with Crippen LogP contribution < -0.4 is 5.32 Å². The first-order valence-electron chi connectivity index (χ1n) is 5.70. The molecule has 0 bridgehead atoms. The molecule has 1 aromatic carbocycles. The van der Waals surface area contributed by atoms with Crippen molar-refractivity contribution in [2.45, 2.75) is 19.9 Å². The number of nitrogens with one attached hydrogen (secondary N) is 1. The van der Waals surface area contributed by atoms with Crippen molar-refractivity contribution in [1.82, 2.24) is 4.90 Å². The number of nitrogens with zero attached hydrogens (tertiary/aromatic N) is 1. The van der Waals surface area contributed by atoms with Crippen LogP contribution in [0.5, 0.6) is 0 Å². The topological polar surface area (TPSA) is 52.6 Å². The van der Waals surface area contributed by atoms with Gasteiger partial charge in [0.1, 0.15) is 0 Å². The molecule has 0 aliphatic carbocycles. The second-order valence-corrected chi connectivity index (χ2v) is 4.36. The second kappa shape index (κ2) is 6.37. The average Bonchev–Trinajstić information content (AvgIpc) is 2.27. The molecule has 0 saturated heterocycles. The summed E-state index contributed by atoms with van der Waals surface area (Å²) < 4.78 is 0. The van der Waals surface area contributed by atoms with E-state index in [2.05, 4.69) is 5.32 Å². The first kappa shape index (κ1) is 13.7. The molecular weight excluding hydrogens is 216 g/mol. The fourth-order valence-corrected chi connectivity index (χ4v) is 1.45. The van der Waals surface area contributed by atoms with Gasteiger partial charge in [-0.3, -0.25) is 9.69 Å². The predicted octanol–water partition coefficient (Wildman–Crippen LogP) is 1.25. The largest absolute Gasteiger partial charge is 0.395 e. The zero-order valence-corrected chi connectivity index (χ0v) is 10.6. The number of aryl methyl sites for hydroxylation is 1. The van der Waals surface area contributed by atoms with E-state index in [0.717, 1.165) is 11.3 Å². The van der Waals surface area contributed by atoms with E-state index in [1.54, 1.807) is 0 Å². The summed E-state index contributed by atoms with van der Waals surface area (Å²) in [6.45, 7) is 4.18. The van der Waals surface area contributed by atoms with Crippen LogP contribution in [0.1, 0.15) is 12.5 Å². The summed E-state index contributed by atoms with van der Waals surface area (Å²) in [4.78, 5) is 13.5. The van der Waals surface area contributed by atoms with Crippen molar-refractivity contribution in [3.05, 3.63) is 29.8 Å². The smallest absolute Gasteiger partial charge is 0.238 e. The van der Waals surface area contributed by atoms with Crippen molar-refractivity contribution in [3.63, 3.8) is 0 Å². The van der Waals surface area contributed by atoms with E-state index < -0.39 is 0 Å². The lowest BCUT2D eigenvalue weighted by Crippen LogP contribution is -2.38. The third-order valence-corrected chi connectivity index (χ3v) is 2.71. The highest BCUT2D eigenvalue weighted by atomic mass is 16.3. The monoisotopic (exact) mass is 236 g/mol. The first-order chi connectivity index (χ1) is 8.02. The second-order valence-electron chi connectivity index (χ2n) is 4.36. The molecule has 94 valence electrons. The lowest BCUT2D eigenvalue weighted by atomic mass is 10.2. The Hall–Kier alpha value is -1.39. The van der Waals surface area contributed by atoms with Gasteiger partial charge in [-0.25, -0.2) is 0 Å². The average molecular weight is 236 g/mol. The molecule has 1 aromatic rings. The van der Waals surface area contributed by atoms with Gasteiger partial charge in [0.15, 0.2) is 0 Å². The molecule has 1 atom stereocenters. The maximum Gasteiger partial charge on any atom is 0.238 e. The Morgan fingerprint density at radius 3 is 2.82 bits per heavy atom. The van der Waals surface area contributed by atoms with Gasteiger partial charge in [0.2, 0.25) is 5.91 Å². The van der Waals surface area contributed by atoms with Gasteiger partial charge >= 0.3 is 0 Å². The summed E-state index contributed by atoms with van der Waals surface area (Å²) in [6, 6.07) is 7.66. The minimum absolute atomic E-state index is 0.0155. The third-order valence-electron chi connectivity index (χ3n) is 2.71. The van der Waals surface area contributed by atoms with Crippen LogP contribution >= 0.6 is 0 Å². The van der Waals surface area contributed by atoms with Crippen molar-refractivity contribution in [1.29, 1.82) is 0 Å². The predicted molar refractivity (Wildman–Crippen MR) is 69.0 cm³/mol. The Bertz CT molecular complexity index is 379. The van der Waals surface area contributed by atoms with Gasteiger partial charge in [-0.05, 0) is 38.6 Å². The molecule has 0 fully saturated rings. The van der Waals surface area contributed by atoms with E-state index in [1.807, 2.05) is 50.1 Å². The van der Waals surface area contributed by atoms with E-state index in [4.69, 9.17) is 5.11 Å². The fourth-order valence-electron chi connectivity index (χ4n) is 1.45. The molecule has 0 saturated carbocycles. The third kappa shape index (κ3) is 4.54. The summed E-state index contributed by atoms with van der Waals surface area (Å²) in [5.74, 6) is -0.0709. The number of anilines is 1. The molecule has 4 heteroatoms. The lowest BCUT2D eigenvalue weighted by Gasteiger charge is -2.21. The van der Waals surface area contributed by atoms with Gasteiger partial charge in [-0.15, -0.1) is 0 Å². The van der Waals surface area contributed by atoms with Gasteiger partial charge in [0.25, 0.3) is 0 Å². The summed E-state index contributed by atoms with van der Waals surface area (Å²) in [7, 11) is 1.82. The number of amides is 1. The number of carbonyl (C=O) groups excluding carboxylic acids is 1. The summed E-state index contributed by atoms with van der Waals surface area (Å²) in [5, 5.41) is 11.8. The van der Waals surface area contributed by atoms with Crippen molar-refractivity contribution < 1.29 is 9.90 Å². The highest BCUT2D eigenvalue weighted by molar-refractivity contribution is 5.92. The number of carbonyl (C=O) groups is 1. The lowest BCUT2D eigenvalue weighted by molar-refractivity contribution is -0.117. The molecule has 0 aromatic heterocycles. The van der Waals surface area contributed by atoms with Crippen LogP contribution in [0.3, 0.4) is 0 Å². The zero-order chi connectivity index (χ0) is 12.8. The highest BCUT2D eigenvalue weighted by Gasteiger charge is 2.12. The number of rotatable bonds is 5. The standard InChI is InChI=1S/C13H20N2O2/c1-10-5-4-6-12(7-10)14-13(17)8-15(3)11(2)9-16/h4-7,11,16H,8-9H2,1-3H3,(H,14,17). The Balaban J connectivity index is 2.50.